The SMILES string of the molecule is NCC(CC(=O)O)c1ccc(Cl)c(Cl)c1.O=C(O)C(F)(F)F. The third kappa shape index (κ3) is 7.48. The normalized spacial score (nSPS) is 12.1. The average Bonchev–Trinajstić information content (AvgIpc) is 2.38. The molecule has 1 rings (SSSR count). The van der Waals surface area contributed by atoms with E-state index in [-0.39, 0.29) is 18.9 Å². The average molecular weight is 362 g/mol. The molecule has 0 aliphatic heterocycles. The topological polar surface area (TPSA) is 101 Å². The minimum atomic E-state index is -5.08. The fourth-order valence-electron chi connectivity index (χ4n) is 1.31. The van der Waals surface area contributed by atoms with E-state index < -0.39 is 18.1 Å². The van der Waals surface area contributed by atoms with Crippen molar-refractivity contribution in [2.75, 3.05) is 6.54 Å². The van der Waals surface area contributed by atoms with Crippen LogP contribution in [-0.4, -0.2) is 34.9 Å². The van der Waals surface area contributed by atoms with Gasteiger partial charge in [0.1, 0.15) is 0 Å². The first kappa shape index (κ1) is 20.5. The number of carbonyl (C=O) groups is 2. The fourth-order valence-corrected chi connectivity index (χ4v) is 1.62. The van der Waals surface area contributed by atoms with Crippen molar-refractivity contribution in [2.45, 2.75) is 18.5 Å². The molecule has 0 saturated carbocycles. The Bertz CT molecular complexity index is 538. The number of alkyl halides is 3. The molecular formula is C12H12Cl2F3NO4. The molecule has 0 aliphatic rings. The lowest BCUT2D eigenvalue weighted by Gasteiger charge is -2.13. The van der Waals surface area contributed by atoms with E-state index in [2.05, 4.69) is 0 Å². The fraction of sp³-hybridized carbons (Fsp3) is 0.333. The summed E-state index contributed by atoms with van der Waals surface area (Å²) in [6.07, 6.45) is -5.09. The van der Waals surface area contributed by atoms with Gasteiger partial charge in [-0.3, -0.25) is 4.79 Å². The molecule has 0 aromatic heterocycles. The number of aliphatic carboxylic acids is 2. The molecule has 0 aliphatic carbocycles. The van der Waals surface area contributed by atoms with Gasteiger partial charge in [-0.15, -0.1) is 0 Å². The summed E-state index contributed by atoms with van der Waals surface area (Å²) in [6, 6.07) is 5.04. The van der Waals surface area contributed by atoms with E-state index in [0.29, 0.717) is 10.0 Å². The Hall–Kier alpha value is -1.51. The number of nitrogens with two attached hydrogens (primary N) is 1. The number of carboxylic acids is 2. The van der Waals surface area contributed by atoms with Crippen LogP contribution in [0.2, 0.25) is 10.0 Å². The van der Waals surface area contributed by atoms with Crippen LogP contribution in [0.1, 0.15) is 17.9 Å². The zero-order valence-electron chi connectivity index (χ0n) is 10.9. The van der Waals surface area contributed by atoms with Crippen molar-refractivity contribution in [3.8, 4) is 0 Å². The minimum absolute atomic E-state index is 0.00549. The molecule has 1 aromatic carbocycles. The summed E-state index contributed by atoms with van der Waals surface area (Å²) in [7, 11) is 0. The summed E-state index contributed by atoms with van der Waals surface area (Å²) >= 11 is 11.6. The van der Waals surface area contributed by atoms with Gasteiger partial charge < -0.3 is 15.9 Å². The molecule has 4 N–H and O–H groups in total. The summed E-state index contributed by atoms with van der Waals surface area (Å²) in [4.78, 5) is 19.5. The summed E-state index contributed by atoms with van der Waals surface area (Å²) in [5.41, 5.74) is 6.30. The quantitative estimate of drug-likeness (QED) is 0.764. The van der Waals surface area contributed by atoms with Crippen LogP contribution >= 0.6 is 23.2 Å². The minimum Gasteiger partial charge on any atom is -0.481 e. The molecular weight excluding hydrogens is 350 g/mol. The van der Waals surface area contributed by atoms with Crippen molar-refractivity contribution < 1.29 is 33.0 Å². The number of carboxylic acid groups (broad SMARTS) is 2. The Morgan fingerprint density at radius 1 is 1.18 bits per heavy atom. The highest BCUT2D eigenvalue weighted by Gasteiger charge is 2.38. The number of benzene rings is 1. The van der Waals surface area contributed by atoms with Gasteiger partial charge in [0.2, 0.25) is 0 Å². The Labute approximate surface area is 133 Å². The Morgan fingerprint density at radius 3 is 2.00 bits per heavy atom. The van der Waals surface area contributed by atoms with E-state index >= 15 is 0 Å². The molecule has 5 nitrogen and oxygen atoms in total. The van der Waals surface area contributed by atoms with E-state index in [1.54, 1.807) is 18.2 Å². The lowest BCUT2D eigenvalue weighted by Crippen LogP contribution is -2.21. The Kier molecular flexibility index (Phi) is 8.21. The lowest BCUT2D eigenvalue weighted by molar-refractivity contribution is -0.192. The van der Waals surface area contributed by atoms with Gasteiger partial charge in [0.15, 0.2) is 0 Å². The molecule has 0 bridgehead atoms. The Balaban J connectivity index is 0.000000534. The molecule has 124 valence electrons. The van der Waals surface area contributed by atoms with Crippen molar-refractivity contribution in [1.29, 1.82) is 0 Å². The van der Waals surface area contributed by atoms with Crippen molar-refractivity contribution in [3.63, 3.8) is 0 Å². The van der Waals surface area contributed by atoms with Gasteiger partial charge in [-0.25, -0.2) is 4.79 Å². The van der Waals surface area contributed by atoms with Crippen molar-refractivity contribution >= 4 is 35.1 Å². The molecule has 22 heavy (non-hydrogen) atoms. The van der Waals surface area contributed by atoms with Crippen molar-refractivity contribution in [3.05, 3.63) is 33.8 Å². The first-order valence-electron chi connectivity index (χ1n) is 5.66. The van der Waals surface area contributed by atoms with Crippen LogP contribution in [0.3, 0.4) is 0 Å². The third-order valence-corrected chi connectivity index (χ3v) is 3.10. The molecule has 1 unspecified atom stereocenters. The van der Waals surface area contributed by atoms with E-state index in [0.717, 1.165) is 5.56 Å². The number of hydrogen-bond donors (Lipinski definition) is 3. The number of rotatable bonds is 4. The summed E-state index contributed by atoms with van der Waals surface area (Å²) in [6.45, 7) is 0.268. The standard InChI is InChI=1S/C10H11Cl2NO2.C2HF3O2/c11-8-2-1-6(3-9(8)12)7(5-13)4-10(14)15;3-2(4,5)1(6)7/h1-3,7H,4-5,13H2,(H,14,15);(H,6,7). The molecule has 10 heteroatoms. The first-order valence-corrected chi connectivity index (χ1v) is 6.41. The van der Waals surface area contributed by atoms with Crippen LogP contribution in [0.4, 0.5) is 13.2 Å². The predicted octanol–water partition coefficient (Wildman–Crippen LogP) is 3.14. The highest BCUT2D eigenvalue weighted by Crippen LogP contribution is 2.27. The van der Waals surface area contributed by atoms with E-state index in [1.165, 1.54) is 0 Å². The lowest BCUT2D eigenvalue weighted by atomic mass is 9.96. The number of hydrogen-bond acceptors (Lipinski definition) is 3. The van der Waals surface area contributed by atoms with Crippen LogP contribution in [0.15, 0.2) is 18.2 Å². The molecule has 1 aromatic rings. The highest BCUT2D eigenvalue weighted by atomic mass is 35.5. The maximum atomic E-state index is 10.6. The first-order chi connectivity index (χ1) is 9.98. The molecule has 1 atom stereocenters. The van der Waals surface area contributed by atoms with E-state index in [1.807, 2.05) is 0 Å². The van der Waals surface area contributed by atoms with Gasteiger partial charge in [0.05, 0.1) is 16.5 Å². The maximum absolute atomic E-state index is 10.6. The molecule has 0 radical (unpaired) electrons. The third-order valence-electron chi connectivity index (χ3n) is 2.36. The van der Waals surface area contributed by atoms with Crippen LogP contribution in [0.5, 0.6) is 0 Å². The summed E-state index contributed by atoms with van der Waals surface area (Å²) < 4.78 is 31.7. The molecule has 0 heterocycles. The van der Waals surface area contributed by atoms with Crippen molar-refractivity contribution in [2.24, 2.45) is 5.73 Å². The molecule has 0 amide bonds. The monoisotopic (exact) mass is 361 g/mol. The second kappa shape index (κ2) is 8.82. The van der Waals surface area contributed by atoms with E-state index in [4.69, 9.17) is 43.9 Å². The second-order valence-corrected chi connectivity index (χ2v) is 4.82. The van der Waals surface area contributed by atoms with Crippen LogP contribution < -0.4 is 5.73 Å². The molecule has 0 fully saturated rings. The van der Waals surface area contributed by atoms with Gasteiger partial charge >= 0.3 is 18.1 Å². The van der Waals surface area contributed by atoms with Gasteiger partial charge in [-0.1, -0.05) is 29.3 Å². The zero-order valence-corrected chi connectivity index (χ0v) is 12.4. The van der Waals surface area contributed by atoms with Gasteiger partial charge in [-0.2, -0.15) is 13.2 Å². The van der Waals surface area contributed by atoms with Crippen molar-refractivity contribution in [1.82, 2.24) is 0 Å². The molecule has 0 spiro atoms. The van der Waals surface area contributed by atoms with Crippen LogP contribution in [0.25, 0.3) is 0 Å². The Morgan fingerprint density at radius 2 is 1.68 bits per heavy atom. The number of halogens is 5. The molecule has 0 saturated heterocycles. The largest absolute Gasteiger partial charge is 0.490 e. The summed E-state index contributed by atoms with van der Waals surface area (Å²) in [5, 5.41) is 16.7. The maximum Gasteiger partial charge on any atom is 0.490 e. The zero-order chi connectivity index (χ0) is 17.5. The summed E-state index contributed by atoms with van der Waals surface area (Å²) in [5.74, 6) is -3.86. The van der Waals surface area contributed by atoms with Gasteiger partial charge in [0, 0.05) is 5.92 Å². The second-order valence-electron chi connectivity index (χ2n) is 4.01. The van der Waals surface area contributed by atoms with Gasteiger partial charge in [0.25, 0.3) is 0 Å². The predicted molar refractivity (Wildman–Crippen MR) is 74.2 cm³/mol. The van der Waals surface area contributed by atoms with E-state index in [9.17, 15) is 18.0 Å². The van der Waals surface area contributed by atoms with Crippen LogP contribution in [0, 0.1) is 0 Å². The van der Waals surface area contributed by atoms with Crippen LogP contribution in [-0.2, 0) is 9.59 Å². The highest BCUT2D eigenvalue weighted by molar-refractivity contribution is 6.42. The smallest absolute Gasteiger partial charge is 0.481 e. The van der Waals surface area contributed by atoms with Gasteiger partial charge in [-0.05, 0) is 24.2 Å².